The lowest BCUT2D eigenvalue weighted by Crippen LogP contribution is -2.03. The van der Waals surface area contributed by atoms with Gasteiger partial charge in [0.1, 0.15) is 22.0 Å². The van der Waals surface area contributed by atoms with Crippen LogP contribution >= 0.6 is 12.2 Å². The third-order valence-corrected chi connectivity index (χ3v) is 3.56. The van der Waals surface area contributed by atoms with E-state index in [0.29, 0.717) is 21.6 Å². The van der Waals surface area contributed by atoms with Crippen molar-refractivity contribution in [2.45, 2.75) is 26.7 Å². The maximum Gasteiger partial charge on any atom is 0.136 e. The van der Waals surface area contributed by atoms with Crippen LogP contribution in [0.25, 0.3) is 11.3 Å². The van der Waals surface area contributed by atoms with Gasteiger partial charge in [-0.25, -0.2) is 9.37 Å². The minimum atomic E-state index is -0.348. The van der Waals surface area contributed by atoms with Gasteiger partial charge in [0, 0.05) is 23.1 Å². The van der Waals surface area contributed by atoms with Crippen LogP contribution in [-0.2, 0) is 0 Å². The van der Waals surface area contributed by atoms with Crippen LogP contribution in [0.2, 0.25) is 0 Å². The highest BCUT2D eigenvalue weighted by molar-refractivity contribution is 7.71. The summed E-state index contributed by atoms with van der Waals surface area (Å²) < 4.78 is 19.7. The fourth-order valence-corrected chi connectivity index (χ4v) is 2.12. The second-order valence-corrected chi connectivity index (χ2v) is 5.31. The summed E-state index contributed by atoms with van der Waals surface area (Å²) >= 11 is 5.26. The molecule has 1 N–H and O–H groups in total. The van der Waals surface area contributed by atoms with Gasteiger partial charge in [0.05, 0.1) is 12.8 Å². The number of hydrogen-bond acceptors (Lipinski definition) is 3. The first-order chi connectivity index (χ1) is 9.43. The quantitative estimate of drug-likeness (QED) is 0.853. The first-order valence-corrected chi connectivity index (χ1v) is 6.79. The van der Waals surface area contributed by atoms with Crippen LogP contribution < -0.4 is 4.74 Å². The van der Waals surface area contributed by atoms with Crippen LogP contribution in [0.15, 0.2) is 18.2 Å². The largest absolute Gasteiger partial charge is 0.497 e. The lowest BCUT2D eigenvalue weighted by Gasteiger charge is -2.13. The molecule has 0 unspecified atom stereocenters. The summed E-state index contributed by atoms with van der Waals surface area (Å²) in [6.45, 7) is 5.86. The van der Waals surface area contributed by atoms with Crippen LogP contribution in [0.5, 0.6) is 5.75 Å². The van der Waals surface area contributed by atoms with Gasteiger partial charge in [0.2, 0.25) is 0 Å². The lowest BCUT2D eigenvalue weighted by molar-refractivity contribution is 0.411. The zero-order valence-corrected chi connectivity index (χ0v) is 12.8. The third-order valence-electron chi connectivity index (χ3n) is 3.16. The van der Waals surface area contributed by atoms with E-state index in [4.69, 9.17) is 17.0 Å². The molecular formula is C15H17FN2OS. The predicted octanol–water partition coefficient (Wildman–Crippen LogP) is 4.39. The monoisotopic (exact) mass is 292 g/mol. The van der Waals surface area contributed by atoms with Gasteiger partial charge in [0.25, 0.3) is 0 Å². The molecule has 0 fully saturated rings. The average Bonchev–Trinajstić information content (AvgIpc) is 2.41. The zero-order chi connectivity index (χ0) is 14.9. The second kappa shape index (κ2) is 5.71. The van der Waals surface area contributed by atoms with Crippen molar-refractivity contribution in [1.29, 1.82) is 0 Å². The van der Waals surface area contributed by atoms with Crippen molar-refractivity contribution in [3.63, 3.8) is 0 Å². The molecule has 2 rings (SSSR count). The number of aromatic amines is 1. The van der Waals surface area contributed by atoms with Gasteiger partial charge in [-0.2, -0.15) is 0 Å². The van der Waals surface area contributed by atoms with Gasteiger partial charge < -0.3 is 9.72 Å². The van der Waals surface area contributed by atoms with E-state index >= 15 is 0 Å². The molecule has 0 bridgehead atoms. The van der Waals surface area contributed by atoms with E-state index in [1.807, 2.05) is 20.8 Å². The van der Waals surface area contributed by atoms with E-state index in [-0.39, 0.29) is 11.7 Å². The van der Waals surface area contributed by atoms with Crippen molar-refractivity contribution < 1.29 is 9.13 Å². The van der Waals surface area contributed by atoms with Crippen LogP contribution in [-0.4, -0.2) is 17.1 Å². The van der Waals surface area contributed by atoms with Crippen molar-refractivity contribution in [1.82, 2.24) is 9.97 Å². The number of nitrogens with one attached hydrogen (secondary N) is 1. The van der Waals surface area contributed by atoms with Crippen molar-refractivity contribution >= 4 is 12.2 Å². The molecule has 1 heterocycles. The summed E-state index contributed by atoms with van der Waals surface area (Å²) in [5, 5.41) is 0. The summed E-state index contributed by atoms with van der Waals surface area (Å²) in [6, 6.07) is 4.78. The molecule has 5 heteroatoms. The number of benzene rings is 1. The highest BCUT2D eigenvalue weighted by atomic mass is 32.1. The number of aromatic nitrogens is 2. The molecule has 2 aromatic rings. The Labute approximate surface area is 122 Å². The van der Waals surface area contributed by atoms with Gasteiger partial charge in [-0.15, -0.1) is 0 Å². The number of rotatable bonds is 3. The molecule has 106 valence electrons. The molecule has 20 heavy (non-hydrogen) atoms. The summed E-state index contributed by atoms with van der Waals surface area (Å²) in [5.41, 5.74) is 1.92. The van der Waals surface area contributed by atoms with E-state index in [1.165, 1.54) is 13.2 Å². The van der Waals surface area contributed by atoms with Crippen LogP contribution in [0.3, 0.4) is 0 Å². The Morgan fingerprint density at radius 2 is 2.05 bits per heavy atom. The molecule has 0 aliphatic rings. The molecule has 0 saturated carbocycles. The molecule has 1 aromatic heterocycles. The van der Waals surface area contributed by atoms with Crippen LogP contribution in [0, 0.1) is 17.4 Å². The molecule has 0 spiro atoms. The van der Waals surface area contributed by atoms with Crippen molar-refractivity contribution in [3.05, 3.63) is 40.0 Å². The zero-order valence-electron chi connectivity index (χ0n) is 12.0. The van der Waals surface area contributed by atoms with E-state index in [9.17, 15) is 4.39 Å². The maximum atomic E-state index is 14.2. The van der Waals surface area contributed by atoms with Crippen LogP contribution in [0.1, 0.15) is 31.2 Å². The van der Waals surface area contributed by atoms with Gasteiger partial charge in [-0.05, 0) is 19.1 Å². The minimum Gasteiger partial charge on any atom is -0.497 e. The average molecular weight is 292 g/mol. The normalized spacial score (nSPS) is 10.9. The van der Waals surface area contributed by atoms with Crippen molar-refractivity contribution in [2.24, 2.45) is 0 Å². The topological polar surface area (TPSA) is 37.9 Å². The molecule has 0 atom stereocenters. The summed E-state index contributed by atoms with van der Waals surface area (Å²) in [7, 11) is 1.51. The Balaban J connectivity index is 2.66. The van der Waals surface area contributed by atoms with Gasteiger partial charge >= 0.3 is 0 Å². The number of nitrogens with zero attached hydrogens (tertiary/aromatic N) is 1. The fraction of sp³-hybridized carbons (Fsp3) is 0.333. The van der Waals surface area contributed by atoms with Gasteiger partial charge in [-0.3, -0.25) is 0 Å². The molecule has 0 radical (unpaired) electrons. The predicted molar refractivity (Wildman–Crippen MR) is 80.2 cm³/mol. The molecule has 0 aliphatic carbocycles. The summed E-state index contributed by atoms with van der Waals surface area (Å²) in [5.74, 6) is 1.09. The molecular weight excluding hydrogens is 275 g/mol. The van der Waals surface area contributed by atoms with Crippen molar-refractivity contribution in [2.75, 3.05) is 7.11 Å². The fourth-order valence-electron chi connectivity index (χ4n) is 1.92. The minimum absolute atomic E-state index is 0.192. The number of hydrogen-bond donors (Lipinski definition) is 1. The van der Waals surface area contributed by atoms with E-state index in [2.05, 4.69) is 9.97 Å². The molecule has 0 saturated heterocycles. The summed E-state index contributed by atoms with van der Waals surface area (Å²) in [6.07, 6.45) is 0. The number of methoxy groups -OCH3 is 1. The van der Waals surface area contributed by atoms with Crippen molar-refractivity contribution in [3.8, 4) is 17.0 Å². The highest BCUT2D eigenvalue weighted by Crippen LogP contribution is 2.28. The third kappa shape index (κ3) is 2.72. The Morgan fingerprint density at radius 1 is 1.35 bits per heavy atom. The maximum absolute atomic E-state index is 14.2. The van der Waals surface area contributed by atoms with Crippen LogP contribution in [0.4, 0.5) is 4.39 Å². The number of halogens is 1. The van der Waals surface area contributed by atoms with E-state index in [1.54, 1.807) is 12.1 Å². The standard InChI is InChI=1S/C15H17FN2OS/c1-8(2)14-17-13(9(3)15(20)18-14)11-6-5-10(19-4)7-12(11)16/h5-8H,1-4H3,(H,17,18,20). The van der Waals surface area contributed by atoms with Gasteiger partial charge in [-0.1, -0.05) is 26.1 Å². The molecule has 1 aromatic carbocycles. The Kier molecular flexibility index (Phi) is 4.18. The number of H-pyrrole nitrogens is 1. The first kappa shape index (κ1) is 14.7. The number of ether oxygens (including phenoxy) is 1. The smallest absolute Gasteiger partial charge is 0.136 e. The second-order valence-electron chi connectivity index (χ2n) is 4.93. The highest BCUT2D eigenvalue weighted by Gasteiger charge is 2.13. The Hall–Kier alpha value is -1.75. The Bertz CT molecular complexity index is 695. The van der Waals surface area contributed by atoms with E-state index < -0.39 is 0 Å². The first-order valence-electron chi connectivity index (χ1n) is 6.38. The summed E-state index contributed by atoms with van der Waals surface area (Å²) in [4.78, 5) is 7.52. The molecule has 3 nitrogen and oxygen atoms in total. The lowest BCUT2D eigenvalue weighted by atomic mass is 10.1. The molecule has 0 aliphatic heterocycles. The SMILES string of the molecule is COc1ccc(-c2[nH]c(C(C)C)nc(=S)c2C)c(F)c1. The molecule has 0 amide bonds. The van der Waals surface area contributed by atoms with E-state index in [0.717, 1.165) is 11.4 Å². The van der Waals surface area contributed by atoms with Gasteiger partial charge in [0.15, 0.2) is 0 Å². The Morgan fingerprint density at radius 3 is 2.60 bits per heavy atom.